The van der Waals surface area contributed by atoms with Crippen molar-refractivity contribution in [1.29, 1.82) is 0 Å². The van der Waals surface area contributed by atoms with Gasteiger partial charge in [-0.25, -0.2) is 22.0 Å². The minimum absolute atomic E-state index is 0.119. The number of hydrogen-bond donors (Lipinski definition) is 1. The van der Waals surface area contributed by atoms with Crippen molar-refractivity contribution in [1.82, 2.24) is 0 Å². The molecule has 1 aromatic carbocycles. The Morgan fingerprint density at radius 1 is 1.32 bits per heavy atom. The molecule has 1 aromatic rings. The quantitative estimate of drug-likeness (QED) is 0.500. The monoisotopic (exact) mass is 293 g/mol. The maximum absolute atomic E-state index is 12.9. The Hall–Kier alpha value is -1.70. The third-order valence-electron chi connectivity index (χ3n) is 2.20. The summed E-state index contributed by atoms with van der Waals surface area (Å²) in [5.74, 6) is -3.43. The first-order valence-electron chi connectivity index (χ1n) is 5.30. The molecule has 0 saturated carbocycles. The number of ether oxygens (including phenoxy) is 1. The Morgan fingerprint density at radius 3 is 2.47 bits per heavy atom. The van der Waals surface area contributed by atoms with Gasteiger partial charge in [-0.1, -0.05) is 0 Å². The number of anilines is 1. The minimum atomic E-state index is -3.13. The molecule has 0 fully saturated rings. The summed E-state index contributed by atoms with van der Waals surface area (Å²) in [5, 5.41) is 0. The predicted octanol–water partition coefficient (Wildman–Crippen LogP) is 1.14. The van der Waals surface area contributed by atoms with Crippen LogP contribution in [0.1, 0.15) is 16.8 Å². The lowest BCUT2D eigenvalue weighted by molar-refractivity contribution is 0.0506. The standard InChI is InChI=1S/C11H13F2NO4S/c1-19(16,17)4-2-3-18-11(15)7-5-8(12)9(13)6-10(7)14/h5-6H,2-4,14H2,1H3. The molecule has 2 N–H and O–H groups in total. The smallest absolute Gasteiger partial charge is 0.340 e. The third kappa shape index (κ3) is 4.82. The number of nitrogens with two attached hydrogens (primary N) is 1. The van der Waals surface area contributed by atoms with E-state index in [1.165, 1.54) is 0 Å². The van der Waals surface area contributed by atoms with Crippen LogP contribution in [0.3, 0.4) is 0 Å². The van der Waals surface area contributed by atoms with Crippen molar-refractivity contribution in [2.75, 3.05) is 24.3 Å². The molecule has 106 valence electrons. The molecule has 0 bridgehead atoms. The molecule has 0 heterocycles. The molecule has 0 aliphatic heterocycles. The van der Waals surface area contributed by atoms with Crippen molar-refractivity contribution in [2.24, 2.45) is 0 Å². The zero-order valence-corrected chi connectivity index (χ0v) is 11.0. The van der Waals surface area contributed by atoms with Crippen LogP contribution in [0.15, 0.2) is 12.1 Å². The van der Waals surface area contributed by atoms with E-state index in [9.17, 15) is 22.0 Å². The molecule has 0 aliphatic rings. The zero-order chi connectivity index (χ0) is 14.6. The first-order chi connectivity index (χ1) is 8.70. The normalized spacial score (nSPS) is 11.3. The summed E-state index contributed by atoms with van der Waals surface area (Å²) in [6.07, 6.45) is 1.18. The Kier molecular flexibility index (Phi) is 4.82. The van der Waals surface area contributed by atoms with Gasteiger partial charge in [0.05, 0.1) is 17.9 Å². The van der Waals surface area contributed by atoms with E-state index in [1.807, 2.05) is 0 Å². The summed E-state index contributed by atoms with van der Waals surface area (Å²) >= 11 is 0. The fourth-order valence-electron chi connectivity index (χ4n) is 1.30. The van der Waals surface area contributed by atoms with Gasteiger partial charge in [-0.05, 0) is 12.5 Å². The van der Waals surface area contributed by atoms with Crippen molar-refractivity contribution in [3.63, 3.8) is 0 Å². The SMILES string of the molecule is CS(=O)(=O)CCCOC(=O)c1cc(F)c(F)cc1N. The van der Waals surface area contributed by atoms with Gasteiger partial charge in [0.1, 0.15) is 9.84 Å². The number of halogens is 2. The third-order valence-corrected chi connectivity index (χ3v) is 3.24. The number of benzene rings is 1. The highest BCUT2D eigenvalue weighted by Gasteiger charge is 2.15. The van der Waals surface area contributed by atoms with Crippen molar-refractivity contribution in [3.05, 3.63) is 29.3 Å². The van der Waals surface area contributed by atoms with E-state index in [4.69, 9.17) is 10.5 Å². The second-order valence-electron chi connectivity index (χ2n) is 3.97. The molecule has 8 heteroatoms. The molecular weight excluding hydrogens is 280 g/mol. The van der Waals surface area contributed by atoms with Crippen LogP contribution in [0.2, 0.25) is 0 Å². The Balaban J connectivity index is 2.62. The van der Waals surface area contributed by atoms with Crippen LogP contribution in [-0.2, 0) is 14.6 Å². The van der Waals surface area contributed by atoms with E-state index in [2.05, 4.69) is 0 Å². The van der Waals surface area contributed by atoms with E-state index in [1.54, 1.807) is 0 Å². The summed E-state index contributed by atoms with van der Waals surface area (Å²) < 4.78 is 52.1. The van der Waals surface area contributed by atoms with Crippen LogP contribution in [0.25, 0.3) is 0 Å². The van der Waals surface area contributed by atoms with Gasteiger partial charge < -0.3 is 10.5 Å². The van der Waals surface area contributed by atoms with Gasteiger partial charge in [0.25, 0.3) is 0 Å². The van der Waals surface area contributed by atoms with Crippen LogP contribution in [0.5, 0.6) is 0 Å². The fourth-order valence-corrected chi connectivity index (χ4v) is 1.94. The highest BCUT2D eigenvalue weighted by Crippen LogP contribution is 2.18. The van der Waals surface area contributed by atoms with Gasteiger partial charge in [0.15, 0.2) is 11.6 Å². The molecule has 0 saturated heterocycles. The average molecular weight is 293 g/mol. The molecule has 0 aromatic heterocycles. The zero-order valence-electron chi connectivity index (χ0n) is 10.2. The number of nitrogen functional groups attached to an aromatic ring is 1. The van der Waals surface area contributed by atoms with Gasteiger partial charge in [-0.2, -0.15) is 0 Å². The van der Waals surface area contributed by atoms with Crippen molar-refractivity contribution < 1.29 is 26.7 Å². The largest absolute Gasteiger partial charge is 0.462 e. The summed E-state index contributed by atoms with van der Waals surface area (Å²) in [5.41, 5.74) is 4.82. The van der Waals surface area contributed by atoms with Gasteiger partial charge in [-0.3, -0.25) is 0 Å². The van der Waals surface area contributed by atoms with Gasteiger partial charge >= 0.3 is 5.97 Å². The van der Waals surface area contributed by atoms with Crippen LogP contribution < -0.4 is 5.73 Å². The molecule has 19 heavy (non-hydrogen) atoms. The number of carbonyl (C=O) groups is 1. The van der Waals surface area contributed by atoms with Crippen molar-refractivity contribution in [3.8, 4) is 0 Å². The number of rotatable bonds is 5. The maximum Gasteiger partial charge on any atom is 0.340 e. The maximum atomic E-state index is 12.9. The molecule has 0 spiro atoms. The molecule has 5 nitrogen and oxygen atoms in total. The molecule has 0 atom stereocenters. The summed E-state index contributed by atoms with van der Waals surface area (Å²) in [6, 6.07) is 1.33. The number of hydrogen-bond acceptors (Lipinski definition) is 5. The first-order valence-corrected chi connectivity index (χ1v) is 7.36. The fraction of sp³-hybridized carbons (Fsp3) is 0.364. The number of esters is 1. The average Bonchev–Trinajstić information content (AvgIpc) is 2.28. The second kappa shape index (κ2) is 5.96. The summed E-state index contributed by atoms with van der Waals surface area (Å²) in [6.45, 7) is -0.148. The highest BCUT2D eigenvalue weighted by atomic mass is 32.2. The molecule has 0 aliphatic carbocycles. The minimum Gasteiger partial charge on any atom is -0.462 e. The van der Waals surface area contributed by atoms with E-state index >= 15 is 0 Å². The summed E-state index contributed by atoms with van der Waals surface area (Å²) in [7, 11) is -3.13. The molecule has 0 amide bonds. The number of carbonyl (C=O) groups excluding carboxylic acids is 1. The molecular formula is C11H13F2NO4S. The second-order valence-corrected chi connectivity index (χ2v) is 6.23. The topological polar surface area (TPSA) is 86.5 Å². The Labute approximate surface area is 109 Å². The molecule has 0 radical (unpaired) electrons. The van der Waals surface area contributed by atoms with E-state index in [0.29, 0.717) is 12.1 Å². The lowest BCUT2D eigenvalue weighted by Crippen LogP contribution is -2.13. The van der Waals surface area contributed by atoms with Gasteiger partial charge in [0.2, 0.25) is 0 Å². The summed E-state index contributed by atoms with van der Waals surface area (Å²) in [4.78, 5) is 11.5. The predicted molar refractivity (Wildman–Crippen MR) is 65.4 cm³/mol. The lowest BCUT2D eigenvalue weighted by atomic mass is 10.1. The van der Waals surface area contributed by atoms with Crippen LogP contribution in [0.4, 0.5) is 14.5 Å². The van der Waals surface area contributed by atoms with Crippen LogP contribution >= 0.6 is 0 Å². The van der Waals surface area contributed by atoms with Gasteiger partial charge in [0, 0.05) is 18.0 Å². The van der Waals surface area contributed by atoms with Crippen molar-refractivity contribution >= 4 is 21.5 Å². The Morgan fingerprint density at radius 2 is 1.89 bits per heavy atom. The first kappa shape index (κ1) is 15.4. The highest BCUT2D eigenvalue weighted by molar-refractivity contribution is 7.90. The Bertz CT molecular complexity index is 587. The molecule has 1 rings (SSSR count). The van der Waals surface area contributed by atoms with E-state index in [-0.39, 0.29) is 30.0 Å². The lowest BCUT2D eigenvalue weighted by Gasteiger charge is -2.07. The van der Waals surface area contributed by atoms with Crippen molar-refractivity contribution in [2.45, 2.75) is 6.42 Å². The van der Waals surface area contributed by atoms with Crippen LogP contribution in [0, 0.1) is 11.6 Å². The van der Waals surface area contributed by atoms with Gasteiger partial charge in [-0.15, -0.1) is 0 Å². The van der Waals surface area contributed by atoms with Crippen LogP contribution in [-0.4, -0.2) is 33.0 Å². The van der Waals surface area contributed by atoms with E-state index < -0.39 is 27.4 Å². The number of sulfone groups is 1. The van der Waals surface area contributed by atoms with E-state index in [0.717, 1.165) is 6.26 Å². The molecule has 0 unspecified atom stereocenters.